The first kappa shape index (κ1) is 14.1. The lowest BCUT2D eigenvalue weighted by molar-refractivity contribution is 0.416. The van der Waals surface area contributed by atoms with E-state index in [0.717, 1.165) is 24.0 Å². The first-order chi connectivity index (χ1) is 9.17. The van der Waals surface area contributed by atoms with E-state index in [9.17, 15) is 0 Å². The second-order valence-electron chi connectivity index (χ2n) is 4.06. The van der Waals surface area contributed by atoms with Crippen LogP contribution in [0.3, 0.4) is 0 Å². The third kappa shape index (κ3) is 2.99. The lowest BCUT2D eigenvalue weighted by atomic mass is 10.1. The van der Waals surface area contributed by atoms with Crippen molar-refractivity contribution in [1.82, 2.24) is 9.97 Å². The van der Waals surface area contributed by atoms with E-state index in [0.29, 0.717) is 21.9 Å². The Labute approximate surface area is 122 Å². The van der Waals surface area contributed by atoms with Crippen LogP contribution in [0.1, 0.15) is 18.9 Å². The Morgan fingerprint density at radius 3 is 2.32 bits per heavy atom. The van der Waals surface area contributed by atoms with Gasteiger partial charge in [-0.3, -0.25) is 0 Å². The van der Waals surface area contributed by atoms with Crippen LogP contribution in [0.25, 0.3) is 11.4 Å². The molecule has 0 saturated carbocycles. The topological polar surface area (TPSA) is 35.0 Å². The van der Waals surface area contributed by atoms with Crippen molar-refractivity contribution >= 4 is 23.2 Å². The lowest BCUT2D eigenvalue weighted by Gasteiger charge is -2.10. The van der Waals surface area contributed by atoms with Gasteiger partial charge in [0.25, 0.3) is 0 Å². The van der Waals surface area contributed by atoms with Gasteiger partial charge in [0.2, 0.25) is 0 Å². The number of halogens is 2. The van der Waals surface area contributed by atoms with E-state index in [1.165, 1.54) is 0 Å². The Morgan fingerprint density at radius 1 is 1.11 bits per heavy atom. The SMILES string of the molecule is CCCc1c(Cl)nc(-c2ccccc2OC)nc1Cl. The van der Waals surface area contributed by atoms with Gasteiger partial charge in [-0.15, -0.1) is 0 Å². The Balaban J connectivity index is 2.52. The van der Waals surface area contributed by atoms with Crippen LogP contribution in [-0.4, -0.2) is 17.1 Å². The van der Waals surface area contributed by atoms with Gasteiger partial charge in [0, 0.05) is 5.56 Å². The summed E-state index contributed by atoms with van der Waals surface area (Å²) in [6, 6.07) is 7.50. The highest BCUT2D eigenvalue weighted by Crippen LogP contribution is 2.31. The van der Waals surface area contributed by atoms with Crippen molar-refractivity contribution in [3.8, 4) is 17.1 Å². The summed E-state index contributed by atoms with van der Waals surface area (Å²) in [5.74, 6) is 1.17. The molecule has 2 aromatic rings. The predicted molar refractivity (Wildman–Crippen MR) is 78.0 cm³/mol. The number of para-hydroxylation sites is 1. The molecule has 0 N–H and O–H groups in total. The molecule has 3 nitrogen and oxygen atoms in total. The van der Waals surface area contributed by atoms with Crippen LogP contribution in [0.4, 0.5) is 0 Å². The third-order valence-electron chi connectivity index (χ3n) is 2.75. The van der Waals surface area contributed by atoms with Crippen LogP contribution in [0.15, 0.2) is 24.3 Å². The maximum atomic E-state index is 6.18. The van der Waals surface area contributed by atoms with Crippen molar-refractivity contribution in [3.63, 3.8) is 0 Å². The predicted octanol–water partition coefficient (Wildman–Crippen LogP) is 4.41. The molecule has 19 heavy (non-hydrogen) atoms. The second-order valence-corrected chi connectivity index (χ2v) is 4.77. The molecule has 0 unspecified atom stereocenters. The molecule has 100 valence electrons. The number of rotatable bonds is 4. The number of ether oxygens (including phenoxy) is 1. The maximum Gasteiger partial charge on any atom is 0.166 e. The van der Waals surface area contributed by atoms with Crippen LogP contribution >= 0.6 is 23.2 Å². The van der Waals surface area contributed by atoms with Crippen LogP contribution in [0.2, 0.25) is 10.3 Å². The zero-order valence-electron chi connectivity index (χ0n) is 10.8. The molecule has 0 spiro atoms. The largest absolute Gasteiger partial charge is 0.496 e. The number of hydrogen-bond donors (Lipinski definition) is 0. The monoisotopic (exact) mass is 296 g/mol. The van der Waals surface area contributed by atoms with Crippen LogP contribution < -0.4 is 4.74 Å². The molecule has 0 aliphatic carbocycles. The fraction of sp³-hybridized carbons (Fsp3) is 0.286. The molecule has 0 bridgehead atoms. The fourth-order valence-electron chi connectivity index (χ4n) is 1.84. The van der Waals surface area contributed by atoms with Gasteiger partial charge >= 0.3 is 0 Å². The molecule has 0 amide bonds. The van der Waals surface area contributed by atoms with Crippen molar-refractivity contribution in [3.05, 3.63) is 40.1 Å². The van der Waals surface area contributed by atoms with Crippen molar-refractivity contribution in [2.24, 2.45) is 0 Å². The zero-order chi connectivity index (χ0) is 13.8. The highest BCUT2D eigenvalue weighted by Gasteiger charge is 2.14. The highest BCUT2D eigenvalue weighted by molar-refractivity contribution is 6.34. The summed E-state index contributed by atoms with van der Waals surface area (Å²) in [5, 5.41) is 0.811. The summed E-state index contributed by atoms with van der Waals surface area (Å²) in [4.78, 5) is 8.64. The number of aromatic nitrogens is 2. The summed E-state index contributed by atoms with van der Waals surface area (Å²) in [5.41, 5.74) is 1.57. The van der Waals surface area contributed by atoms with Gasteiger partial charge in [-0.25, -0.2) is 9.97 Å². The van der Waals surface area contributed by atoms with Gasteiger partial charge in [0.1, 0.15) is 16.1 Å². The molecule has 1 aromatic carbocycles. The minimum Gasteiger partial charge on any atom is -0.496 e. The molecular weight excluding hydrogens is 283 g/mol. The lowest BCUT2D eigenvalue weighted by Crippen LogP contribution is -1.98. The molecule has 0 aliphatic heterocycles. The Hall–Kier alpha value is -1.32. The Kier molecular flexibility index (Phi) is 4.61. The number of nitrogens with zero attached hydrogens (tertiary/aromatic N) is 2. The van der Waals surface area contributed by atoms with E-state index in [1.807, 2.05) is 24.3 Å². The molecule has 1 heterocycles. The maximum absolute atomic E-state index is 6.18. The van der Waals surface area contributed by atoms with Gasteiger partial charge < -0.3 is 4.74 Å². The standard InChI is InChI=1S/C14H14Cl2N2O/c1-3-6-10-12(15)17-14(18-13(10)16)9-7-4-5-8-11(9)19-2/h4-5,7-8H,3,6H2,1-2H3. The minimum absolute atomic E-state index is 0.405. The summed E-state index contributed by atoms with van der Waals surface area (Å²) >= 11 is 12.4. The Bertz CT molecular complexity index is 564. The van der Waals surface area contributed by atoms with Crippen LogP contribution in [0.5, 0.6) is 5.75 Å². The molecule has 5 heteroatoms. The van der Waals surface area contributed by atoms with Crippen LogP contribution in [-0.2, 0) is 6.42 Å². The molecule has 1 aromatic heterocycles. The second kappa shape index (κ2) is 6.22. The number of benzene rings is 1. The van der Waals surface area contributed by atoms with E-state index in [1.54, 1.807) is 7.11 Å². The first-order valence-corrected chi connectivity index (χ1v) is 6.78. The number of methoxy groups -OCH3 is 1. The minimum atomic E-state index is 0.405. The Morgan fingerprint density at radius 2 is 1.74 bits per heavy atom. The van der Waals surface area contributed by atoms with E-state index >= 15 is 0 Å². The van der Waals surface area contributed by atoms with E-state index < -0.39 is 0 Å². The third-order valence-corrected chi connectivity index (χ3v) is 3.38. The van der Waals surface area contributed by atoms with Crippen molar-refractivity contribution in [2.75, 3.05) is 7.11 Å². The average molecular weight is 297 g/mol. The van der Waals surface area contributed by atoms with Gasteiger partial charge in [0.15, 0.2) is 5.82 Å². The van der Waals surface area contributed by atoms with Gasteiger partial charge in [0.05, 0.1) is 12.7 Å². The summed E-state index contributed by atoms with van der Waals surface area (Å²) in [6.45, 7) is 2.06. The quantitative estimate of drug-likeness (QED) is 0.784. The van der Waals surface area contributed by atoms with E-state index in [2.05, 4.69) is 16.9 Å². The van der Waals surface area contributed by atoms with Crippen LogP contribution in [0, 0.1) is 0 Å². The zero-order valence-corrected chi connectivity index (χ0v) is 12.3. The average Bonchev–Trinajstić information content (AvgIpc) is 2.42. The first-order valence-electron chi connectivity index (χ1n) is 6.02. The van der Waals surface area contributed by atoms with Crippen molar-refractivity contribution in [2.45, 2.75) is 19.8 Å². The molecular formula is C14H14Cl2N2O. The molecule has 0 aliphatic rings. The van der Waals surface area contributed by atoms with Crippen molar-refractivity contribution < 1.29 is 4.74 Å². The van der Waals surface area contributed by atoms with E-state index in [4.69, 9.17) is 27.9 Å². The number of hydrogen-bond acceptors (Lipinski definition) is 3. The molecule has 0 fully saturated rings. The smallest absolute Gasteiger partial charge is 0.166 e. The van der Waals surface area contributed by atoms with Gasteiger partial charge in [-0.1, -0.05) is 48.7 Å². The summed E-state index contributed by atoms with van der Waals surface area (Å²) in [6.07, 6.45) is 1.71. The summed E-state index contributed by atoms with van der Waals surface area (Å²) < 4.78 is 5.29. The van der Waals surface area contributed by atoms with Crippen molar-refractivity contribution in [1.29, 1.82) is 0 Å². The molecule has 0 atom stereocenters. The molecule has 0 saturated heterocycles. The highest BCUT2D eigenvalue weighted by atomic mass is 35.5. The van der Waals surface area contributed by atoms with Gasteiger partial charge in [-0.2, -0.15) is 0 Å². The van der Waals surface area contributed by atoms with E-state index in [-0.39, 0.29) is 0 Å². The molecule has 0 radical (unpaired) electrons. The summed E-state index contributed by atoms with van der Waals surface area (Å²) in [7, 11) is 1.60. The normalized spacial score (nSPS) is 10.5. The molecule has 2 rings (SSSR count). The van der Waals surface area contributed by atoms with Gasteiger partial charge in [-0.05, 0) is 18.6 Å². The fourth-order valence-corrected chi connectivity index (χ4v) is 2.41.